The van der Waals surface area contributed by atoms with Crippen LogP contribution in [0.25, 0.3) is 0 Å². The van der Waals surface area contributed by atoms with E-state index in [9.17, 15) is 9.59 Å². The van der Waals surface area contributed by atoms with Crippen LogP contribution in [-0.2, 0) is 4.79 Å². The first-order chi connectivity index (χ1) is 14.8. The van der Waals surface area contributed by atoms with Gasteiger partial charge >= 0.3 is 0 Å². The molecule has 2 aromatic carbocycles. The highest BCUT2D eigenvalue weighted by atomic mass is 35.5. The molecule has 0 fully saturated rings. The van der Waals surface area contributed by atoms with Gasteiger partial charge in [-0.05, 0) is 54.8 Å². The molecule has 0 aliphatic carbocycles. The molecule has 2 rings (SSSR count). The van der Waals surface area contributed by atoms with Crippen LogP contribution in [0.5, 0.6) is 11.5 Å². The van der Waals surface area contributed by atoms with Gasteiger partial charge in [0.15, 0.2) is 11.5 Å². The topological polar surface area (TPSA) is 89.0 Å². The summed E-state index contributed by atoms with van der Waals surface area (Å²) in [5.41, 5.74) is 3.48. The minimum Gasteiger partial charge on any atom is -0.493 e. The Morgan fingerprint density at radius 2 is 1.84 bits per heavy atom. The quantitative estimate of drug-likeness (QED) is 0.426. The number of hydrazone groups is 1. The maximum absolute atomic E-state index is 12.6. The Bertz CT molecular complexity index is 964. The average Bonchev–Trinajstić information content (AvgIpc) is 2.74. The van der Waals surface area contributed by atoms with Gasteiger partial charge in [-0.15, -0.1) is 0 Å². The van der Waals surface area contributed by atoms with Crippen molar-refractivity contribution in [3.63, 3.8) is 0 Å². The number of ether oxygens (including phenoxy) is 2. The summed E-state index contributed by atoms with van der Waals surface area (Å²) < 4.78 is 10.8. The molecule has 31 heavy (non-hydrogen) atoms. The van der Waals surface area contributed by atoms with E-state index in [1.54, 1.807) is 25.3 Å². The van der Waals surface area contributed by atoms with E-state index in [1.165, 1.54) is 24.4 Å². The number of hydrogen-bond acceptors (Lipinski definition) is 5. The van der Waals surface area contributed by atoms with Crippen molar-refractivity contribution in [3.8, 4) is 11.5 Å². The van der Waals surface area contributed by atoms with Crippen molar-refractivity contribution in [1.29, 1.82) is 0 Å². The average molecular weight is 466 g/mol. The molecule has 2 amide bonds. The van der Waals surface area contributed by atoms with Crippen molar-refractivity contribution in [1.82, 2.24) is 10.7 Å². The Morgan fingerprint density at radius 3 is 2.45 bits per heavy atom. The molecule has 0 heterocycles. The molecule has 0 spiro atoms. The van der Waals surface area contributed by atoms with Crippen molar-refractivity contribution in [2.75, 3.05) is 13.7 Å². The SMILES string of the molecule is CCOc1ccc(/C=N\NC(=O)C(NC(=O)c2ccc(Cl)c(Cl)c2)C(C)C)cc1OC. The largest absolute Gasteiger partial charge is 0.493 e. The second-order valence-corrected chi connectivity index (χ2v) is 7.72. The van der Waals surface area contributed by atoms with Crippen LogP contribution in [0.15, 0.2) is 41.5 Å². The van der Waals surface area contributed by atoms with Crippen LogP contribution < -0.4 is 20.2 Å². The van der Waals surface area contributed by atoms with Gasteiger partial charge in [0, 0.05) is 5.56 Å². The van der Waals surface area contributed by atoms with Gasteiger partial charge in [-0.25, -0.2) is 5.43 Å². The Morgan fingerprint density at radius 1 is 1.10 bits per heavy atom. The molecular weight excluding hydrogens is 441 g/mol. The van der Waals surface area contributed by atoms with Gasteiger partial charge in [-0.1, -0.05) is 37.0 Å². The highest BCUT2D eigenvalue weighted by Gasteiger charge is 2.24. The van der Waals surface area contributed by atoms with Crippen molar-refractivity contribution in [3.05, 3.63) is 57.6 Å². The molecule has 0 aliphatic heterocycles. The lowest BCUT2D eigenvalue weighted by molar-refractivity contribution is -0.123. The van der Waals surface area contributed by atoms with Crippen LogP contribution >= 0.6 is 23.2 Å². The highest BCUT2D eigenvalue weighted by Crippen LogP contribution is 2.27. The predicted octanol–water partition coefficient (Wildman–Crippen LogP) is 4.31. The predicted molar refractivity (Wildman–Crippen MR) is 122 cm³/mol. The van der Waals surface area contributed by atoms with E-state index in [1.807, 2.05) is 20.8 Å². The summed E-state index contributed by atoms with van der Waals surface area (Å²) in [6.07, 6.45) is 1.48. The summed E-state index contributed by atoms with van der Waals surface area (Å²) in [7, 11) is 1.55. The number of amides is 2. The van der Waals surface area contributed by atoms with E-state index < -0.39 is 17.9 Å². The zero-order valence-electron chi connectivity index (χ0n) is 17.7. The first-order valence-electron chi connectivity index (χ1n) is 9.66. The molecule has 1 unspecified atom stereocenters. The Balaban J connectivity index is 2.05. The molecule has 9 heteroatoms. The van der Waals surface area contributed by atoms with Crippen LogP contribution in [0.4, 0.5) is 0 Å². The molecule has 2 aromatic rings. The normalized spacial score (nSPS) is 12.0. The third-order valence-electron chi connectivity index (χ3n) is 4.29. The number of halogens is 2. The van der Waals surface area contributed by atoms with E-state index in [-0.39, 0.29) is 10.9 Å². The van der Waals surface area contributed by atoms with Crippen LogP contribution in [0, 0.1) is 5.92 Å². The molecule has 0 aliphatic rings. The molecule has 0 aromatic heterocycles. The van der Waals surface area contributed by atoms with Crippen LogP contribution in [0.1, 0.15) is 36.7 Å². The fourth-order valence-electron chi connectivity index (χ4n) is 2.68. The fraction of sp³-hybridized carbons (Fsp3) is 0.318. The smallest absolute Gasteiger partial charge is 0.262 e. The number of rotatable bonds is 9. The molecule has 0 saturated carbocycles. The van der Waals surface area contributed by atoms with Gasteiger partial charge in [0.1, 0.15) is 6.04 Å². The molecule has 7 nitrogen and oxygen atoms in total. The van der Waals surface area contributed by atoms with Gasteiger partial charge < -0.3 is 14.8 Å². The first-order valence-corrected chi connectivity index (χ1v) is 10.4. The fourth-order valence-corrected chi connectivity index (χ4v) is 2.97. The zero-order valence-corrected chi connectivity index (χ0v) is 19.3. The maximum atomic E-state index is 12.6. The van der Waals surface area contributed by atoms with Gasteiger partial charge in [0.05, 0.1) is 30.0 Å². The number of methoxy groups -OCH3 is 1. The molecule has 0 bridgehead atoms. The Kier molecular flexibility index (Phi) is 9.15. The van der Waals surface area contributed by atoms with Crippen LogP contribution in [0.2, 0.25) is 10.0 Å². The number of carbonyl (C=O) groups excluding carboxylic acids is 2. The number of nitrogens with zero attached hydrogens (tertiary/aromatic N) is 1. The molecule has 1 atom stereocenters. The van der Waals surface area contributed by atoms with E-state index in [0.717, 1.165) is 0 Å². The summed E-state index contributed by atoms with van der Waals surface area (Å²) in [6.45, 7) is 6.04. The van der Waals surface area contributed by atoms with Gasteiger partial charge in [0.25, 0.3) is 11.8 Å². The molecule has 166 valence electrons. The molecule has 0 radical (unpaired) electrons. The molecular formula is C22H25Cl2N3O4. The second-order valence-electron chi connectivity index (χ2n) is 6.90. The number of benzene rings is 2. The van der Waals surface area contributed by atoms with Crippen molar-refractivity contribution >= 4 is 41.2 Å². The maximum Gasteiger partial charge on any atom is 0.262 e. The van der Waals surface area contributed by atoms with Gasteiger partial charge in [0.2, 0.25) is 0 Å². The van der Waals surface area contributed by atoms with E-state index in [2.05, 4.69) is 15.8 Å². The number of carbonyl (C=O) groups is 2. The van der Waals surface area contributed by atoms with E-state index in [0.29, 0.717) is 34.3 Å². The second kappa shape index (κ2) is 11.6. The highest BCUT2D eigenvalue weighted by molar-refractivity contribution is 6.42. The van der Waals surface area contributed by atoms with Crippen molar-refractivity contribution in [2.24, 2.45) is 11.0 Å². The zero-order chi connectivity index (χ0) is 23.0. The minimum atomic E-state index is -0.797. The standard InChI is InChI=1S/C22H25Cl2N3O4/c1-5-31-18-9-6-14(10-19(18)30-4)12-25-27-22(29)20(13(2)3)26-21(28)15-7-8-16(23)17(24)11-15/h6-13,20H,5H2,1-4H3,(H,26,28)(H,27,29)/b25-12-. The summed E-state index contributed by atoms with van der Waals surface area (Å²) in [4.78, 5) is 25.1. The third-order valence-corrected chi connectivity index (χ3v) is 5.03. The lowest BCUT2D eigenvalue weighted by Gasteiger charge is -2.20. The van der Waals surface area contributed by atoms with Crippen molar-refractivity contribution < 1.29 is 19.1 Å². The van der Waals surface area contributed by atoms with Crippen LogP contribution in [0.3, 0.4) is 0 Å². The van der Waals surface area contributed by atoms with Gasteiger partial charge in [-0.3, -0.25) is 9.59 Å². The van der Waals surface area contributed by atoms with Crippen LogP contribution in [-0.4, -0.2) is 37.8 Å². The number of hydrogen-bond donors (Lipinski definition) is 2. The number of nitrogens with one attached hydrogen (secondary N) is 2. The first kappa shape index (κ1) is 24.5. The lowest BCUT2D eigenvalue weighted by atomic mass is 10.0. The summed E-state index contributed by atoms with van der Waals surface area (Å²) in [5, 5.41) is 7.30. The summed E-state index contributed by atoms with van der Waals surface area (Å²) >= 11 is 11.9. The summed E-state index contributed by atoms with van der Waals surface area (Å²) in [6, 6.07) is 9.01. The van der Waals surface area contributed by atoms with E-state index in [4.69, 9.17) is 32.7 Å². The molecule has 2 N–H and O–H groups in total. The third kappa shape index (κ3) is 6.87. The summed E-state index contributed by atoms with van der Waals surface area (Å²) in [5.74, 6) is 0.125. The Labute approximate surface area is 191 Å². The Hall–Kier alpha value is -2.77. The van der Waals surface area contributed by atoms with E-state index >= 15 is 0 Å². The van der Waals surface area contributed by atoms with Gasteiger partial charge in [-0.2, -0.15) is 5.10 Å². The monoisotopic (exact) mass is 465 g/mol. The minimum absolute atomic E-state index is 0.174. The van der Waals surface area contributed by atoms with Crippen molar-refractivity contribution in [2.45, 2.75) is 26.8 Å². The lowest BCUT2D eigenvalue weighted by Crippen LogP contribution is -2.48. The molecule has 0 saturated heterocycles.